The maximum Gasteiger partial charge on any atom is 0.155 e. The van der Waals surface area contributed by atoms with E-state index in [0.29, 0.717) is 17.1 Å². The van der Waals surface area contributed by atoms with Crippen molar-refractivity contribution in [1.82, 2.24) is 0 Å². The Morgan fingerprint density at radius 1 is 1.31 bits per heavy atom. The van der Waals surface area contributed by atoms with Crippen LogP contribution in [0.1, 0.15) is 45.4 Å². The summed E-state index contributed by atoms with van der Waals surface area (Å²) in [7, 11) is 0. The zero-order valence-corrected chi connectivity index (χ0v) is 10.0. The van der Waals surface area contributed by atoms with Crippen molar-refractivity contribution in [1.29, 1.82) is 0 Å². The Labute approximate surface area is 97.6 Å². The fraction of sp³-hybridized carbons (Fsp3) is 0.667. The van der Waals surface area contributed by atoms with Crippen LogP contribution in [-0.4, -0.2) is 5.78 Å². The average Bonchev–Trinajstić information content (AvgIpc) is 2.28. The molecule has 0 unspecified atom stereocenters. The summed E-state index contributed by atoms with van der Waals surface area (Å²) < 4.78 is 0. The molecule has 0 aromatic carbocycles. The summed E-state index contributed by atoms with van der Waals surface area (Å²) in [5.41, 5.74) is 1.98. The predicted molar refractivity (Wildman–Crippen MR) is 65.0 cm³/mol. The third-order valence-electron chi connectivity index (χ3n) is 5.03. The molecule has 3 aliphatic rings. The molecule has 0 spiro atoms. The van der Waals surface area contributed by atoms with E-state index in [-0.39, 0.29) is 0 Å². The van der Waals surface area contributed by atoms with Gasteiger partial charge in [0.2, 0.25) is 0 Å². The molecule has 0 N–H and O–H groups in total. The second-order valence-electron chi connectivity index (χ2n) is 6.00. The van der Waals surface area contributed by atoms with E-state index in [1.807, 2.05) is 6.08 Å². The largest absolute Gasteiger partial charge is 0.295 e. The van der Waals surface area contributed by atoms with Gasteiger partial charge >= 0.3 is 0 Å². The Bertz CT molecular complexity index is 377. The molecule has 0 aliphatic heterocycles. The van der Waals surface area contributed by atoms with Crippen LogP contribution in [0.15, 0.2) is 23.8 Å². The predicted octanol–water partition coefficient (Wildman–Crippen LogP) is 3.66. The lowest BCUT2D eigenvalue weighted by atomic mass is 9.55. The molecule has 0 amide bonds. The molecule has 1 nitrogen and oxygen atoms in total. The minimum atomic E-state index is 0.362. The van der Waals surface area contributed by atoms with E-state index < -0.39 is 0 Å². The minimum Gasteiger partial charge on any atom is -0.295 e. The van der Waals surface area contributed by atoms with Crippen molar-refractivity contribution in [3.05, 3.63) is 23.8 Å². The van der Waals surface area contributed by atoms with Gasteiger partial charge in [-0.1, -0.05) is 24.6 Å². The molecule has 0 bridgehead atoms. The van der Waals surface area contributed by atoms with Crippen LogP contribution in [0.4, 0.5) is 0 Å². The van der Waals surface area contributed by atoms with Crippen molar-refractivity contribution < 1.29 is 4.79 Å². The maximum absolute atomic E-state index is 11.5. The Kier molecular flexibility index (Phi) is 2.31. The van der Waals surface area contributed by atoms with Crippen molar-refractivity contribution in [3.8, 4) is 0 Å². The van der Waals surface area contributed by atoms with E-state index in [4.69, 9.17) is 0 Å². The second-order valence-corrected chi connectivity index (χ2v) is 6.00. The first-order valence-corrected chi connectivity index (χ1v) is 6.57. The van der Waals surface area contributed by atoms with Crippen molar-refractivity contribution in [3.63, 3.8) is 0 Å². The highest BCUT2D eigenvalue weighted by atomic mass is 16.1. The molecule has 1 fully saturated rings. The lowest BCUT2D eigenvalue weighted by Gasteiger charge is -2.49. The van der Waals surface area contributed by atoms with E-state index in [1.54, 1.807) is 0 Å². The molecule has 1 heteroatoms. The third kappa shape index (κ3) is 1.49. The van der Waals surface area contributed by atoms with Gasteiger partial charge in [-0.05, 0) is 55.4 Å². The summed E-state index contributed by atoms with van der Waals surface area (Å²) in [6.07, 6.45) is 13.5. The van der Waals surface area contributed by atoms with Gasteiger partial charge in [0.05, 0.1) is 0 Å². The van der Waals surface area contributed by atoms with Gasteiger partial charge in [0, 0.05) is 6.42 Å². The van der Waals surface area contributed by atoms with Gasteiger partial charge in [0.25, 0.3) is 0 Å². The fourth-order valence-electron chi connectivity index (χ4n) is 3.98. The van der Waals surface area contributed by atoms with Crippen LogP contribution < -0.4 is 0 Å². The van der Waals surface area contributed by atoms with Crippen LogP contribution in [0, 0.1) is 17.3 Å². The normalized spacial score (nSPS) is 42.3. The van der Waals surface area contributed by atoms with Gasteiger partial charge in [-0.2, -0.15) is 0 Å². The van der Waals surface area contributed by atoms with Gasteiger partial charge in [-0.15, -0.1) is 0 Å². The van der Waals surface area contributed by atoms with Gasteiger partial charge in [-0.25, -0.2) is 0 Å². The molecule has 3 rings (SSSR count). The number of rotatable bonds is 0. The van der Waals surface area contributed by atoms with Gasteiger partial charge in [0.15, 0.2) is 5.78 Å². The quantitative estimate of drug-likeness (QED) is 0.565. The highest BCUT2D eigenvalue weighted by Gasteiger charge is 2.44. The first kappa shape index (κ1) is 10.3. The molecule has 0 saturated heterocycles. The van der Waals surface area contributed by atoms with Gasteiger partial charge in [-0.3, -0.25) is 4.79 Å². The smallest absolute Gasteiger partial charge is 0.155 e. The lowest BCUT2D eigenvalue weighted by Crippen LogP contribution is -2.40. The number of hydrogen-bond acceptors (Lipinski definition) is 1. The Morgan fingerprint density at radius 3 is 3.06 bits per heavy atom. The first-order valence-electron chi connectivity index (χ1n) is 6.57. The highest BCUT2D eigenvalue weighted by Crippen LogP contribution is 2.54. The molecule has 16 heavy (non-hydrogen) atoms. The Balaban J connectivity index is 1.94. The molecular formula is C15H20O. The number of ketones is 1. The van der Waals surface area contributed by atoms with Crippen molar-refractivity contribution >= 4 is 5.78 Å². The van der Waals surface area contributed by atoms with Crippen molar-refractivity contribution in [2.24, 2.45) is 17.3 Å². The number of fused-ring (bicyclic) bond motifs is 3. The third-order valence-corrected chi connectivity index (χ3v) is 5.03. The van der Waals surface area contributed by atoms with Crippen molar-refractivity contribution in [2.45, 2.75) is 45.4 Å². The van der Waals surface area contributed by atoms with Crippen LogP contribution >= 0.6 is 0 Å². The monoisotopic (exact) mass is 216 g/mol. The standard InChI is InChI=1S/C15H20O/c1-15-8-3-2-4-14(15)13-6-5-12(16)10-11(13)7-9-15/h2-3,10,13-14H,4-9H2,1H3/t13-,14-,15-/m0/s1. The van der Waals surface area contributed by atoms with E-state index >= 15 is 0 Å². The Hall–Kier alpha value is -0.850. The molecule has 0 aromatic rings. The van der Waals surface area contributed by atoms with Crippen LogP contribution in [0.5, 0.6) is 0 Å². The summed E-state index contributed by atoms with van der Waals surface area (Å²) >= 11 is 0. The summed E-state index contributed by atoms with van der Waals surface area (Å²) in [6, 6.07) is 0. The van der Waals surface area contributed by atoms with Crippen LogP contribution in [0.3, 0.4) is 0 Å². The molecule has 86 valence electrons. The van der Waals surface area contributed by atoms with E-state index in [1.165, 1.54) is 24.8 Å². The number of hydrogen-bond donors (Lipinski definition) is 0. The zero-order chi connectivity index (χ0) is 11.2. The van der Waals surface area contributed by atoms with Crippen LogP contribution in [-0.2, 0) is 4.79 Å². The van der Waals surface area contributed by atoms with E-state index in [0.717, 1.165) is 25.2 Å². The summed E-state index contributed by atoms with van der Waals surface area (Å²) in [4.78, 5) is 11.5. The maximum atomic E-state index is 11.5. The first-order chi connectivity index (χ1) is 7.69. The summed E-state index contributed by atoms with van der Waals surface area (Å²) in [6.45, 7) is 2.45. The zero-order valence-electron chi connectivity index (χ0n) is 10.0. The van der Waals surface area contributed by atoms with Crippen molar-refractivity contribution in [2.75, 3.05) is 0 Å². The molecule has 0 radical (unpaired) electrons. The molecule has 1 saturated carbocycles. The minimum absolute atomic E-state index is 0.362. The molecule has 0 heterocycles. The molecule has 3 atom stereocenters. The molecule has 0 aromatic heterocycles. The van der Waals surface area contributed by atoms with E-state index in [9.17, 15) is 4.79 Å². The lowest BCUT2D eigenvalue weighted by molar-refractivity contribution is -0.115. The Morgan fingerprint density at radius 2 is 2.19 bits per heavy atom. The average molecular weight is 216 g/mol. The summed E-state index contributed by atoms with van der Waals surface area (Å²) in [5, 5.41) is 0. The number of allylic oxidation sites excluding steroid dienone is 4. The molecule has 3 aliphatic carbocycles. The van der Waals surface area contributed by atoms with E-state index in [2.05, 4.69) is 19.1 Å². The van der Waals surface area contributed by atoms with Gasteiger partial charge in [0.1, 0.15) is 0 Å². The number of carbonyl (C=O) groups excluding carboxylic acids is 1. The molecular weight excluding hydrogens is 196 g/mol. The fourth-order valence-corrected chi connectivity index (χ4v) is 3.98. The van der Waals surface area contributed by atoms with Gasteiger partial charge < -0.3 is 0 Å². The van der Waals surface area contributed by atoms with Crippen LogP contribution in [0.25, 0.3) is 0 Å². The van der Waals surface area contributed by atoms with Crippen LogP contribution in [0.2, 0.25) is 0 Å². The second kappa shape index (κ2) is 3.58. The number of carbonyl (C=O) groups is 1. The highest BCUT2D eigenvalue weighted by molar-refractivity contribution is 5.91. The summed E-state index contributed by atoms with van der Waals surface area (Å²) in [5.74, 6) is 1.87. The topological polar surface area (TPSA) is 17.1 Å². The SMILES string of the molecule is C[C@@]12CC=CC[C@H]1[C@H]1CCC(=O)C=C1CC2.